The molecule has 1 aliphatic heterocycles. The van der Waals surface area contributed by atoms with Crippen molar-refractivity contribution in [3.8, 4) is 0 Å². The van der Waals surface area contributed by atoms with Gasteiger partial charge in [0.25, 0.3) is 0 Å². The van der Waals surface area contributed by atoms with E-state index in [1.807, 2.05) is 0 Å². The Morgan fingerprint density at radius 2 is 1.86 bits per heavy atom. The van der Waals surface area contributed by atoms with Gasteiger partial charge in [0.1, 0.15) is 0 Å². The van der Waals surface area contributed by atoms with Crippen LogP contribution in [0.5, 0.6) is 0 Å². The van der Waals surface area contributed by atoms with Crippen LogP contribution in [-0.4, -0.2) is 47.0 Å². The first-order valence-corrected chi connectivity index (χ1v) is 5.82. The average molecular weight is 199 g/mol. The standard InChI is InChI=1S/C11H21NO2/c13-10(5-9-3-1-2-4-9)6-12-7-11(14)8-12/h9-11,13-14H,1-8H2. The van der Waals surface area contributed by atoms with E-state index in [1.54, 1.807) is 0 Å². The topological polar surface area (TPSA) is 43.7 Å². The second kappa shape index (κ2) is 4.60. The van der Waals surface area contributed by atoms with Crippen molar-refractivity contribution in [3.05, 3.63) is 0 Å². The summed E-state index contributed by atoms with van der Waals surface area (Å²) in [5.41, 5.74) is 0. The Balaban J connectivity index is 1.60. The number of hydrogen-bond donors (Lipinski definition) is 2. The summed E-state index contributed by atoms with van der Waals surface area (Å²) in [5.74, 6) is 0.760. The first-order chi connectivity index (χ1) is 6.74. The van der Waals surface area contributed by atoms with Crippen molar-refractivity contribution in [3.63, 3.8) is 0 Å². The molecule has 2 rings (SSSR count). The molecule has 2 fully saturated rings. The lowest BCUT2D eigenvalue weighted by Gasteiger charge is -2.37. The molecule has 0 aromatic carbocycles. The van der Waals surface area contributed by atoms with Crippen LogP contribution in [0.1, 0.15) is 32.1 Å². The maximum absolute atomic E-state index is 9.81. The summed E-state index contributed by atoms with van der Waals surface area (Å²) < 4.78 is 0. The van der Waals surface area contributed by atoms with Gasteiger partial charge in [0.05, 0.1) is 12.2 Å². The first-order valence-electron chi connectivity index (χ1n) is 5.82. The molecule has 0 bridgehead atoms. The molecule has 2 N–H and O–H groups in total. The fourth-order valence-corrected chi connectivity index (χ4v) is 2.70. The van der Waals surface area contributed by atoms with Gasteiger partial charge in [-0.3, -0.25) is 4.90 Å². The molecule has 2 aliphatic rings. The molecule has 1 aliphatic carbocycles. The van der Waals surface area contributed by atoms with Crippen molar-refractivity contribution in [2.75, 3.05) is 19.6 Å². The predicted octanol–water partition coefficient (Wildman–Crippen LogP) is 0.604. The zero-order valence-electron chi connectivity index (χ0n) is 8.73. The summed E-state index contributed by atoms with van der Waals surface area (Å²) in [7, 11) is 0. The van der Waals surface area contributed by atoms with Gasteiger partial charge in [0.15, 0.2) is 0 Å². The number of β-amino-alcohol motifs (C(OH)–C–C–N with tert-alkyl or cyclic N) is 2. The highest BCUT2D eigenvalue weighted by molar-refractivity contribution is 4.81. The highest BCUT2D eigenvalue weighted by Crippen LogP contribution is 2.28. The molecule has 3 heteroatoms. The number of hydrogen-bond acceptors (Lipinski definition) is 3. The summed E-state index contributed by atoms with van der Waals surface area (Å²) in [5, 5.41) is 18.9. The molecule has 1 atom stereocenters. The molecule has 1 unspecified atom stereocenters. The fourth-order valence-electron chi connectivity index (χ4n) is 2.70. The number of aliphatic hydroxyl groups is 2. The molecule has 82 valence electrons. The van der Waals surface area contributed by atoms with Gasteiger partial charge in [-0.1, -0.05) is 25.7 Å². The van der Waals surface area contributed by atoms with Crippen LogP contribution in [0, 0.1) is 5.92 Å². The Bertz CT molecular complexity index is 174. The zero-order chi connectivity index (χ0) is 9.97. The molecular formula is C11H21NO2. The molecule has 0 amide bonds. The third-order valence-electron chi connectivity index (χ3n) is 3.49. The zero-order valence-corrected chi connectivity index (χ0v) is 8.73. The molecule has 3 nitrogen and oxygen atoms in total. The van der Waals surface area contributed by atoms with Crippen LogP contribution in [0.15, 0.2) is 0 Å². The second-order valence-corrected chi connectivity index (χ2v) is 4.91. The van der Waals surface area contributed by atoms with Crippen LogP contribution in [0.2, 0.25) is 0 Å². The molecule has 1 saturated heterocycles. The van der Waals surface area contributed by atoms with Gasteiger partial charge in [-0.15, -0.1) is 0 Å². The van der Waals surface area contributed by atoms with Crippen LogP contribution in [0.3, 0.4) is 0 Å². The lowest BCUT2D eigenvalue weighted by atomic mass is 9.99. The second-order valence-electron chi connectivity index (χ2n) is 4.91. The maximum atomic E-state index is 9.81. The van der Waals surface area contributed by atoms with E-state index < -0.39 is 0 Å². The van der Waals surface area contributed by atoms with Gasteiger partial charge in [0, 0.05) is 19.6 Å². The summed E-state index contributed by atoms with van der Waals surface area (Å²) in [6, 6.07) is 0. The Morgan fingerprint density at radius 1 is 1.21 bits per heavy atom. The Morgan fingerprint density at radius 3 is 2.43 bits per heavy atom. The van der Waals surface area contributed by atoms with Gasteiger partial charge in [0.2, 0.25) is 0 Å². The summed E-state index contributed by atoms with van der Waals surface area (Å²) in [6.07, 6.45) is 5.95. The van der Waals surface area contributed by atoms with E-state index >= 15 is 0 Å². The number of likely N-dealkylation sites (tertiary alicyclic amines) is 1. The maximum Gasteiger partial charge on any atom is 0.0793 e. The fraction of sp³-hybridized carbons (Fsp3) is 1.00. The van der Waals surface area contributed by atoms with Crippen molar-refractivity contribution in [2.45, 2.75) is 44.3 Å². The molecule has 0 aromatic rings. The predicted molar refractivity (Wildman–Crippen MR) is 55.0 cm³/mol. The lowest BCUT2D eigenvalue weighted by Crippen LogP contribution is -2.53. The van der Waals surface area contributed by atoms with Crippen LogP contribution in [-0.2, 0) is 0 Å². The lowest BCUT2D eigenvalue weighted by molar-refractivity contribution is -0.0254. The minimum absolute atomic E-state index is 0.145. The molecule has 0 aromatic heterocycles. The highest BCUT2D eigenvalue weighted by atomic mass is 16.3. The number of aliphatic hydroxyl groups excluding tert-OH is 2. The molecule has 14 heavy (non-hydrogen) atoms. The van der Waals surface area contributed by atoms with Gasteiger partial charge in [-0.25, -0.2) is 0 Å². The van der Waals surface area contributed by atoms with Gasteiger partial charge < -0.3 is 10.2 Å². The molecule has 0 radical (unpaired) electrons. The summed E-state index contributed by atoms with van der Waals surface area (Å²) >= 11 is 0. The highest BCUT2D eigenvalue weighted by Gasteiger charge is 2.27. The van der Waals surface area contributed by atoms with Gasteiger partial charge in [-0.2, -0.15) is 0 Å². The van der Waals surface area contributed by atoms with E-state index in [0.29, 0.717) is 0 Å². The van der Waals surface area contributed by atoms with Crippen LogP contribution in [0.4, 0.5) is 0 Å². The van der Waals surface area contributed by atoms with Crippen LogP contribution >= 0.6 is 0 Å². The minimum Gasteiger partial charge on any atom is -0.392 e. The normalized spacial score (nSPS) is 27.9. The van der Waals surface area contributed by atoms with E-state index in [1.165, 1.54) is 25.7 Å². The van der Waals surface area contributed by atoms with Crippen LogP contribution in [0.25, 0.3) is 0 Å². The smallest absolute Gasteiger partial charge is 0.0793 e. The van der Waals surface area contributed by atoms with E-state index in [0.717, 1.165) is 32.0 Å². The largest absolute Gasteiger partial charge is 0.392 e. The van der Waals surface area contributed by atoms with Crippen molar-refractivity contribution >= 4 is 0 Å². The number of rotatable bonds is 4. The van der Waals surface area contributed by atoms with E-state index in [2.05, 4.69) is 4.90 Å². The monoisotopic (exact) mass is 199 g/mol. The van der Waals surface area contributed by atoms with E-state index in [4.69, 9.17) is 5.11 Å². The van der Waals surface area contributed by atoms with Crippen molar-refractivity contribution in [1.29, 1.82) is 0 Å². The van der Waals surface area contributed by atoms with Crippen molar-refractivity contribution in [2.24, 2.45) is 5.92 Å². The van der Waals surface area contributed by atoms with E-state index in [-0.39, 0.29) is 12.2 Å². The quantitative estimate of drug-likeness (QED) is 0.697. The molecule has 1 heterocycles. The Labute approximate surface area is 85.7 Å². The van der Waals surface area contributed by atoms with Crippen molar-refractivity contribution in [1.82, 2.24) is 4.90 Å². The van der Waals surface area contributed by atoms with Crippen molar-refractivity contribution < 1.29 is 10.2 Å². The Hall–Kier alpha value is -0.120. The van der Waals surface area contributed by atoms with Crippen LogP contribution < -0.4 is 0 Å². The molecular weight excluding hydrogens is 178 g/mol. The van der Waals surface area contributed by atoms with E-state index in [9.17, 15) is 5.11 Å². The van der Waals surface area contributed by atoms with Gasteiger partial charge in [-0.05, 0) is 12.3 Å². The summed E-state index contributed by atoms with van der Waals surface area (Å²) in [6.45, 7) is 2.26. The van der Waals surface area contributed by atoms with Gasteiger partial charge >= 0.3 is 0 Å². The number of nitrogens with zero attached hydrogens (tertiary/aromatic N) is 1. The third-order valence-corrected chi connectivity index (χ3v) is 3.49. The summed E-state index contributed by atoms with van der Waals surface area (Å²) in [4.78, 5) is 2.13. The molecule has 1 saturated carbocycles. The molecule has 0 spiro atoms. The Kier molecular flexibility index (Phi) is 3.42. The SMILES string of the molecule is OC(CC1CCCC1)CN1CC(O)C1. The first kappa shape index (κ1) is 10.4. The average Bonchev–Trinajstić information content (AvgIpc) is 2.54. The minimum atomic E-state index is -0.175. The third kappa shape index (κ3) is 2.69.